The summed E-state index contributed by atoms with van der Waals surface area (Å²) >= 11 is 1.66. The number of amides is 1. The third-order valence-electron chi connectivity index (χ3n) is 8.06. The van der Waals surface area contributed by atoms with Crippen molar-refractivity contribution in [3.05, 3.63) is 58.4 Å². The first kappa shape index (κ1) is 32.6. The number of fused-ring (bicyclic) bond motifs is 1. The van der Waals surface area contributed by atoms with Gasteiger partial charge in [-0.05, 0) is 68.0 Å². The first-order valence-corrected chi connectivity index (χ1v) is 16.6. The van der Waals surface area contributed by atoms with Crippen LogP contribution < -0.4 is 0 Å². The number of Topliss-reactive ketones (excluding diaryl/α,β-unsaturated/α-hetero) is 1. The van der Waals surface area contributed by atoms with E-state index in [1.54, 1.807) is 11.3 Å². The number of carbonyl (C=O) groups is 2. The monoisotopic (exact) mass is 602 g/mol. The second-order valence-corrected chi connectivity index (χ2v) is 12.0. The van der Waals surface area contributed by atoms with E-state index in [1.165, 1.54) is 0 Å². The molecular formula is C35H46N4O3S. The second kappa shape index (κ2) is 14.9. The van der Waals surface area contributed by atoms with Gasteiger partial charge in [0.1, 0.15) is 6.54 Å². The summed E-state index contributed by atoms with van der Waals surface area (Å²) in [5.41, 5.74) is 6.59. The average Bonchev–Trinajstić information content (AvgIpc) is 3.58. The number of aromatic nitrogens is 3. The van der Waals surface area contributed by atoms with Gasteiger partial charge in [0.25, 0.3) is 0 Å². The molecule has 3 aromatic heterocycles. The molecule has 5 rings (SSSR count). The first-order valence-electron chi connectivity index (χ1n) is 15.8. The highest BCUT2D eigenvalue weighted by atomic mass is 32.1. The van der Waals surface area contributed by atoms with Crippen LogP contribution in [-0.2, 0) is 16.1 Å². The Morgan fingerprint density at radius 1 is 1.00 bits per heavy atom. The van der Waals surface area contributed by atoms with Crippen molar-refractivity contribution in [2.45, 2.75) is 86.6 Å². The summed E-state index contributed by atoms with van der Waals surface area (Å²) in [6, 6.07) is 12.6. The lowest BCUT2D eigenvalue weighted by Gasteiger charge is -2.28. The fraction of sp³-hybridized carbons (Fsp3) is 0.486. The largest absolute Gasteiger partial charge is 0.378 e. The molecule has 8 heteroatoms. The van der Waals surface area contributed by atoms with Crippen molar-refractivity contribution in [1.82, 2.24) is 19.4 Å². The molecule has 0 radical (unpaired) electrons. The maximum atomic E-state index is 13.5. The summed E-state index contributed by atoms with van der Waals surface area (Å²) in [5, 5.41) is 2.06. The number of nitrogens with zero attached hydrogens (tertiary/aromatic N) is 4. The lowest BCUT2D eigenvalue weighted by Crippen LogP contribution is -2.42. The number of carbonyl (C=O) groups excluding carboxylic acids is 2. The van der Waals surface area contributed by atoms with Gasteiger partial charge in [-0.1, -0.05) is 53.2 Å². The summed E-state index contributed by atoms with van der Waals surface area (Å²) in [4.78, 5) is 39.3. The quantitative estimate of drug-likeness (QED) is 0.171. The Hall–Kier alpha value is -3.36. The molecule has 230 valence electrons. The van der Waals surface area contributed by atoms with Gasteiger partial charge in [0.05, 0.1) is 51.4 Å². The molecule has 1 aliphatic rings. The summed E-state index contributed by atoms with van der Waals surface area (Å²) in [6.45, 7) is 16.7. The van der Waals surface area contributed by atoms with Gasteiger partial charge in [-0.25, -0.2) is 9.97 Å². The van der Waals surface area contributed by atoms with E-state index in [2.05, 4.69) is 55.2 Å². The van der Waals surface area contributed by atoms with Crippen LogP contribution in [0, 0.1) is 13.8 Å². The van der Waals surface area contributed by atoms with E-state index in [4.69, 9.17) is 9.72 Å². The number of morpholine rings is 1. The van der Waals surface area contributed by atoms with Gasteiger partial charge in [0.2, 0.25) is 5.91 Å². The molecule has 4 aromatic rings. The summed E-state index contributed by atoms with van der Waals surface area (Å²) in [7, 11) is 0. The van der Waals surface area contributed by atoms with Gasteiger partial charge in [0.15, 0.2) is 5.78 Å². The standard InChI is InChI=1S/C33H40N4O3S.C2H6/c1-6-9-23(7-2)26-19-29(30(38)8-3)37(20-31(39)36-14-16-40-17-15-36)32(26)25-11-12-27-24(18-25)10-13-28(35-27)33-21(4)34-22(5)41-33;1-2/h10-13,18-19,23H,6-9,14-17,20H2,1-5H3;1-2H3. The Morgan fingerprint density at radius 3 is 2.37 bits per heavy atom. The molecule has 4 heterocycles. The molecule has 7 nitrogen and oxygen atoms in total. The van der Waals surface area contributed by atoms with E-state index >= 15 is 0 Å². The lowest BCUT2D eigenvalue weighted by atomic mass is 9.89. The number of thiazole rings is 1. The molecule has 1 aliphatic heterocycles. The molecule has 0 N–H and O–H groups in total. The number of hydrogen-bond acceptors (Lipinski definition) is 6. The van der Waals surface area contributed by atoms with Gasteiger partial charge >= 0.3 is 0 Å². The lowest BCUT2D eigenvalue weighted by molar-refractivity contribution is -0.135. The molecule has 1 unspecified atom stereocenters. The SMILES string of the molecule is CC.CCCC(CC)c1cc(C(=O)CC)n(CC(=O)N2CCOCC2)c1-c1ccc2nc(-c3sc(C)nc3C)ccc2c1. The Morgan fingerprint density at radius 2 is 1.74 bits per heavy atom. The van der Waals surface area contributed by atoms with Crippen molar-refractivity contribution in [2.75, 3.05) is 26.3 Å². The Balaban J connectivity index is 0.00000207. The molecule has 0 spiro atoms. The van der Waals surface area contributed by atoms with Crippen LogP contribution in [0.15, 0.2) is 36.4 Å². The third kappa shape index (κ3) is 7.07. The molecule has 1 fully saturated rings. The minimum Gasteiger partial charge on any atom is -0.378 e. The fourth-order valence-electron chi connectivity index (χ4n) is 5.92. The topological polar surface area (TPSA) is 77.3 Å². The van der Waals surface area contributed by atoms with E-state index < -0.39 is 0 Å². The minimum atomic E-state index is 0.0210. The average molecular weight is 603 g/mol. The van der Waals surface area contributed by atoms with Gasteiger partial charge in [-0.3, -0.25) is 9.59 Å². The van der Waals surface area contributed by atoms with Crippen molar-refractivity contribution in [1.29, 1.82) is 0 Å². The van der Waals surface area contributed by atoms with E-state index in [1.807, 2.05) is 44.1 Å². The number of rotatable bonds is 10. The van der Waals surface area contributed by atoms with Crippen LogP contribution in [-0.4, -0.2) is 57.4 Å². The zero-order chi connectivity index (χ0) is 31.1. The van der Waals surface area contributed by atoms with Crippen molar-refractivity contribution in [3.63, 3.8) is 0 Å². The molecule has 1 aromatic carbocycles. The van der Waals surface area contributed by atoms with Gasteiger partial charge < -0.3 is 14.2 Å². The highest BCUT2D eigenvalue weighted by Crippen LogP contribution is 2.39. The van der Waals surface area contributed by atoms with Crippen LogP contribution in [0.2, 0.25) is 0 Å². The molecule has 1 amide bonds. The molecular weight excluding hydrogens is 556 g/mol. The second-order valence-electron chi connectivity index (χ2n) is 10.8. The van der Waals surface area contributed by atoms with Crippen molar-refractivity contribution < 1.29 is 14.3 Å². The number of aryl methyl sites for hydroxylation is 2. The van der Waals surface area contributed by atoms with E-state index in [9.17, 15) is 9.59 Å². The Labute approximate surface area is 260 Å². The first-order chi connectivity index (χ1) is 20.8. The maximum absolute atomic E-state index is 13.5. The van der Waals surface area contributed by atoms with Crippen LogP contribution in [0.5, 0.6) is 0 Å². The molecule has 0 saturated carbocycles. The van der Waals surface area contributed by atoms with Gasteiger partial charge in [-0.15, -0.1) is 11.3 Å². The molecule has 0 bridgehead atoms. The smallest absolute Gasteiger partial charge is 0.242 e. The van der Waals surface area contributed by atoms with Crippen LogP contribution in [0.1, 0.15) is 93.0 Å². The summed E-state index contributed by atoms with van der Waals surface area (Å²) < 4.78 is 7.46. The number of benzene rings is 1. The Bertz CT molecular complexity index is 1560. The zero-order valence-corrected chi connectivity index (χ0v) is 27.6. The Kier molecular flexibility index (Phi) is 11.3. The molecule has 1 atom stereocenters. The van der Waals surface area contributed by atoms with Crippen molar-refractivity contribution in [3.8, 4) is 21.8 Å². The highest BCUT2D eigenvalue weighted by Gasteiger charge is 2.27. The van der Waals surface area contributed by atoms with E-state index in [0.717, 1.165) is 68.3 Å². The molecule has 1 saturated heterocycles. The normalized spacial score (nSPS) is 14.0. The number of ether oxygens (including phenoxy) is 1. The zero-order valence-electron chi connectivity index (χ0n) is 26.8. The van der Waals surface area contributed by atoms with Crippen molar-refractivity contribution in [2.24, 2.45) is 0 Å². The summed E-state index contributed by atoms with van der Waals surface area (Å²) in [6.07, 6.45) is 3.43. The molecule has 0 aliphatic carbocycles. The van der Waals surface area contributed by atoms with Crippen molar-refractivity contribution >= 4 is 33.9 Å². The minimum absolute atomic E-state index is 0.0210. The summed E-state index contributed by atoms with van der Waals surface area (Å²) in [5.74, 6) is 0.376. The van der Waals surface area contributed by atoms with E-state index in [-0.39, 0.29) is 18.2 Å². The number of pyridine rings is 1. The fourth-order valence-corrected chi connectivity index (χ4v) is 6.81. The number of ketones is 1. The predicted octanol–water partition coefficient (Wildman–Crippen LogP) is 8.22. The molecule has 43 heavy (non-hydrogen) atoms. The van der Waals surface area contributed by atoms with Gasteiger partial charge in [0, 0.05) is 24.9 Å². The van der Waals surface area contributed by atoms with Crippen LogP contribution in [0.3, 0.4) is 0 Å². The van der Waals surface area contributed by atoms with Crippen LogP contribution in [0.4, 0.5) is 0 Å². The van der Waals surface area contributed by atoms with Crippen LogP contribution >= 0.6 is 11.3 Å². The van der Waals surface area contributed by atoms with E-state index in [0.29, 0.717) is 44.3 Å². The van der Waals surface area contributed by atoms with Crippen LogP contribution in [0.25, 0.3) is 32.7 Å². The van der Waals surface area contributed by atoms with Gasteiger partial charge in [-0.2, -0.15) is 0 Å². The third-order valence-corrected chi connectivity index (χ3v) is 9.15. The number of hydrogen-bond donors (Lipinski definition) is 0. The maximum Gasteiger partial charge on any atom is 0.242 e. The highest BCUT2D eigenvalue weighted by molar-refractivity contribution is 7.15. The predicted molar refractivity (Wildman–Crippen MR) is 177 cm³/mol.